The van der Waals surface area contributed by atoms with E-state index in [2.05, 4.69) is 11.0 Å². The summed E-state index contributed by atoms with van der Waals surface area (Å²) < 4.78 is 13.0. The molecule has 1 aromatic carbocycles. The van der Waals surface area contributed by atoms with Gasteiger partial charge in [-0.25, -0.2) is 9.78 Å². The minimum Gasteiger partial charge on any atom is -0.493 e. The van der Waals surface area contributed by atoms with E-state index < -0.39 is 17.5 Å². The lowest BCUT2D eigenvalue weighted by Gasteiger charge is -2.31. The van der Waals surface area contributed by atoms with Gasteiger partial charge in [-0.3, -0.25) is 9.59 Å². The molecular weight excluding hydrogens is 514 g/mol. The highest BCUT2D eigenvalue weighted by Crippen LogP contribution is 2.40. The number of ether oxygens (including phenoxy) is 2. The van der Waals surface area contributed by atoms with Crippen LogP contribution in [-0.2, 0) is 39.6 Å². The van der Waals surface area contributed by atoms with Crippen molar-refractivity contribution in [3.63, 3.8) is 0 Å². The van der Waals surface area contributed by atoms with Crippen molar-refractivity contribution < 1.29 is 29.3 Å². The first-order valence-electron chi connectivity index (χ1n) is 13.8. The zero-order chi connectivity index (χ0) is 28.6. The molecule has 0 saturated heterocycles. The van der Waals surface area contributed by atoms with E-state index in [-0.39, 0.29) is 25.0 Å². The molecule has 1 atom stereocenters. The number of pyridine rings is 2. The molecule has 0 bridgehead atoms. The summed E-state index contributed by atoms with van der Waals surface area (Å²) in [6, 6.07) is 7.62. The quantitative estimate of drug-likeness (QED) is 0.213. The van der Waals surface area contributed by atoms with Crippen LogP contribution in [0.5, 0.6) is 5.75 Å². The Morgan fingerprint density at radius 2 is 1.95 bits per heavy atom. The van der Waals surface area contributed by atoms with Crippen molar-refractivity contribution >= 4 is 22.8 Å². The van der Waals surface area contributed by atoms with E-state index >= 15 is 0 Å². The maximum absolute atomic E-state index is 13.5. The maximum atomic E-state index is 13.5. The minimum atomic E-state index is -1.86. The lowest BCUT2D eigenvalue weighted by molar-refractivity contribution is -0.172. The number of esters is 1. The van der Waals surface area contributed by atoms with E-state index in [0.717, 1.165) is 47.0 Å². The first-order valence-corrected chi connectivity index (χ1v) is 13.8. The molecule has 4 heterocycles. The van der Waals surface area contributed by atoms with Gasteiger partial charge in [0.05, 0.1) is 35.6 Å². The second-order valence-electron chi connectivity index (χ2n) is 10.9. The molecule has 40 heavy (non-hydrogen) atoms. The first kappa shape index (κ1) is 27.8. The Hall–Kier alpha value is -3.76. The Balaban J connectivity index is 1.47. The number of aliphatic carboxylic acids is 1. The number of hydrogen-bond acceptors (Lipinski definition) is 8. The van der Waals surface area contributed by atoms with E-state index in [9.17, 15) is 19.5 Å². The van der Waals surface area contributed by atoms with Crippen LogP contribution in [0, 0.1) is 0 Å². The highest BCUT2D eigenvalue weighted by atomic mass is 16.6. The van der Waals surface area contributed by atoms with Crippen molar-refractivity contribution in [3.8, 4) is 17.1 Å². The second-order valence-corrected chi connectivity index (χ2v) is 10.9. The summed E-state index contributed by atoms with van der Waals surface area (Å²) in [7, 11) is 3.98. The summed E-state index contributed by atoms with van der Waals surface area (Å²) >= 11 is 0. The van der Waals surface area contributed by atoms with Crippen LogP contribution in [0.2, 0.25) is 0 Å². The Morgan fingerprint density at radius 3 is 2.67 bits per heavy atom. The minimum absolute atomic E-state index is 0.0960. The molecule has 0 radical (unpaired) electrons. The Bertz CT molecular complexity index is 1540. The molecule has 0 aliphatic carbocycles. The SMILES string of the molecule is CC[C@@]1(O)C(=O)OCc2c1cc1n(c2=O)Cc2cc3c(CN(C)C)c(OCCCCCCC(=O)O)ccc3nc2-1. The van der Waals surface area contributed by atoms with Crippen LogP contribution < -0.4 is 10.3 Å². The van der Waals surface area contributed by atoms with Gasteiger partial charge in [0, 0.05) is 35.0 Å². The molecular formula is C30H35N3O7. The molecule has 2 N–H and O–H groups in total. The summed E-state index contributed by atoms with van der Waals surface area (Å²) in [5.74, 6) is -0.724. The molecule has 0 fully saturated rings. The fraction of sp³-hybridized carbons (Fsp3) is 0.467. The van der Waals surface area contributed by atoms with Crippen LogP contribution in [0.4, 0.5) is 0 Å². The number of carbonyl (C=O) groups excluding carboxylic acids is 1. The molecule has 3 aromatic rings. The van der Waals surface area contributed by atoms with Crippen molar-refractivity contribution in [2.24, 2.45) is 0 Å². The molecule has 212 valence electrons. The summed E-state index contributed by atoms with van der Waals surface area (Å²) in [5, 5.41) is 20.8. The Kier molecular flexibility index (Phi) is 7.65. The highest BCUT2D eigenvalue weighted by Gasteiger charge is 2.45. The lowest BCUT2D eigenvalue weighted by atomic mass is 9.86. The van der Waals surface area contributed by atoms with Gasteiger partial charge in [0.2, 0.25) is 0 Å². The van der Waals surface area contributed by atoms with Crippen LogP contribution in [0.1, 0.15) is 67.7 Å². The first-order chi connectivity index (χ1) is 19.1. The van der Waals surface area contributed by atoms with Crippen molar-refractivity contribution in [3.05, 3.63) is 56.9 Å². The normalized spacial score (nSPS) is 17.5. The van der Waals surface area contributed by atoms with Crippen molar-refractivity contribution in [2.75, 3.05) is 20.7 Å². The molecule has 10 heteroatoms. The third-order valence-corrected chi connectivity index (χ3v) is 7.78. The summed E-state index contributed by atoms with van der Waals surface area (Å²) in [6.45, 7) is 3.03. The third kappa shape index (κ3) is 4.97. The number of benzene rings is 1. The predicted molar refractivity (Wildman–Crippen MR) is 148 cm³/mol. The van der Waals surface area contributed by atoms with E-state index in [0.29, 0.717) is 48.6 Å². The molecule has 0 amide bonds. The van der Waals surface area contributed by atoms with Gasteiger partial charge in [-0.2, -0.15) is 0 Å². The zero-order valence-corrected chi connectivity index (χ0v) is 23.2. The predicted octanol–water partition coefficient (Wildman–Crippen LogP) is 3.56. The highest BCUT2D eigenvalue weighted by molar-refractivity contribution is 5.89. The summed E-state index contributed by atoms with van der Waals surface area (Å²) in [4.78, 5) is 43.6. The standard InChI is InChI=1S/C30H35N3O7/c1-4-30(38)22-14-24-27-18(15-33(24)28(36)21(22)17-40-29(30)37)13-19-20(16-32(2)3)25(11-10-23(19)31-27)39-12-8-6-5-7-9-26(34)35/h10-11,13-14,38H,4-9,12,15-17H2,1-3H3,(H,34,35)/t30-/m0/s1. The maximum Gasteiger partial charge on any atom is 0.343 e. The summed E-state index contributed by atoms with van der Waals surface area (Å²) in [6.07, 6.45) is 3.55. The number of nitrogens with zero attached hydrogens (tertiary/aromatic N) is 3. The molecule has 2 aliphatic rings. The molecule has 0 unspecified atom stereocenters. The monoisotopic (exact) mass is 549 g/mol. The van der Waals surface area contributed by atoms with Crippen LogP contribution in [0.25, 0.3) is 22.3 Å². The van der Waals surface area contributed by atoms with Gasteiger partial charge in [-0.1, -0.05) is 19.8 Å². The van der Waals surface area contributed by atoms with E-state index in [1.165, 1.54) is 0 Å². The van der Waals surface area contributed by atoms with E-state index in [1.807, 2.05) is 26.2 Å². The van der Waals surface area contributed by atoms with Crippen LogP contribution in [0.15, 0.2) is 29.1 Å². The van der Waals surface area contributed by atoms with Gasteiger partial charge in [0.1, 0.15) is 12.4 Å². The van der Waals surface area contributed by atoms with Crippen LogP contribution in [-0.4, -0.2) is 57.3 Å². The lowest BCUT2D eigenvalue weighted by Crippen LogP contribution is -2.44. The number of unbranched alkanes of at least 4 members (excludes halogenated alkanes) is 3. The Morgan fingerprint density at radius 1 is 1.18 bits per heavy atom. The number of fused-ring (bicyclic) bond motifs is 5. The zero-order valence-electron chi connectivity index (χ0n) is 23.2. The van der Waals surface area contributed by atoms with Crippen LogP contribution >= 0.6 is 0 Å². The molecule has 2 aliphatic heterocycles. The number of aliphatic hydroxyl groups is 1. The Labute approximate surface area is 232 Å². The number of hydrogen-bond donors (Lipinski definition) is 2. The van der Waals surface area contributed by atoms with Crippen molar-refractivity contribution in [2.45, 2.75) is 70.7 Å². The molecule has 0 saturated carbocycles. The van der Waals surface area contributed by atoms with E-state index in [1.54, 1.807) is 17.6 Å². The van der Waals surface area contributed by atoms with Crippen molar-refractivity contribution in [1.29, 1.82) is 0 Å². The van der Waals surface area contributed by atoms with E-state index in [4.69, 9.17) is 19.6 Å². The van der Waals surface area contributed by atoms with Gasteiger partial charge in [0.15, 0.2) is 5.60 Å². The second kappa shape index (κ2) is 11.0. The van der Waals surface area contributed by atoms with Crippen molar-refractivity contribution in [1.82, 2.24) is 14.5 Å². The number of carbonyl (C=O) groups is 2. The number of carboxylic acid groups (broad SMARTS) is 1. The molecule has 0 spiro atoms. The van der Waals surface area contributed by atoms with Gasteiger partial charge < -0.3 is 29.2 Å². The van der Waals surface area contributed by atoms with Gasteiger partial charge >= 0.3 is 11.9 Å². The molecule has 2 aromatic heterocycles. The average Bonchev–Trinajstić information content (AvgIpc) is 3.28. The fourth-order valence-corrected chi connectivity index (χ4v) is 5.62. The largest absolute Gasteiger partial charge is 0.493 e. The summed E-state index contributed by atoms with van der Waals surface area (Å²) in [5.41, 5.74) is 2.36. The number of aromatic nitrogens is 2. The van der Waals surface area contributed by atoms with Gasteiger partial charge in [-0.15, -0.1) is 0 Å². The van der Waals surface area contributed by atoms with Gasteiger partial charge in [0.25, 0.3) is 5.56 Å². The smallest absolute Gasteiger partial charge is 0.343 e. The topological polar surface area (TPSA) is 131 Å². The molecule has 5 rings (SSSR count). The molecule has 10 nitrogen and oxygen atoms in total. The van der Waals surface area contributed by atoms with Gasteiger partial charge in [-0.05, 0) is 57.6 Å². The number of cyclic esters (lactones) is 1. The third-order valence-electron chi connectivity index (χ3n) is 7.78. The van der Waals surface area contributed by atoms with Crippen LogP contribution in [0.3, 0.4) is 0 Å². The number of carboxylic acids is 1. The number of rotatable bonds is 11. The fourth-order valence-electron chi connectivity index (χ4n) is 5.62. The average molecular weight is 550 g/mol.